The number of rotatable bonds is 4. The van der Waals surface area contributed by atoms with Gasteiger partial charge >= 0.3 is 0 Å². The third-order valence-corrected chi connectivity index (χ3v) is 5.77. The molecule has 1 N–H and O–H groups in total. The van der Waals surface area contributed by atoms with Crippen LogP contribution in [0.5, 0.6) is 5.75 Å². The fraction of sp³-hybridized carbons (Fsp3) is 0.0435. The van der Waals surface area contributed by atoms with Crippen molar-refractivity contribution in [3.8, 4) is 11.4 Å². The lowest BCUT2D eigenvalue weighted by Crippen LogP contribution is -2.26. The largest absolute Gasteiger partial charge is 0.497 e. The predicted molar refractivity (Wildman–Crippen MR) is 121 cm³/mol. The minimum Gasteiger partial charge on any atom is -0.497 e. The van der Waals surface area contributed by atoms with Crippen LogP contribution in [0.3, 0.4) is 0 Å². The Balaban J connectivity index is 1.60. The lowest BCUT2D eigenvalue weighted by Gasteiger charge is -2.10. The Hall–Kier alpha value is -4.04. The van der Waals surface area contributed by atoms with Crippen molar-refractivity contribution in [3.05, 3.63) is 88.8 Å². The minimum atomic E-state index is -0.438. The summed E-state index contributed by atoms with van der Waals surface area (Å²) in [7, 11) is 1.60. The Kier molecular flexibility index (Phi) is 4.68. The number of anilines is 1. The summed E-state index contributed by atoms with van der Waals surface area (Å²) >= 11 is 1.34. The number of nitrogens with one attached hydrogen (secondary N) is 1. The summed E-state index contributed by atoms with van der Waals surface area (Å²) in [6, 6.07) is 21.5. The van der Waals surface area contributed by atoms with Crippen LogP contribution in [0.4, 0.5) is 5.13 Å². The number of amides is 1. The van der Waals surface area contributed by atoms with Crippen molar-refractivity contribution in [2.24, 2.45) is 0 Å². The molecule has 0 saturated carbocycles. The molecule has 2 aromatic heterocycles. The van der Waals surface area contributed by atoms with Crippen molar-refractivity contribution in [2.45, 2.75) is 0 Å². The third-order valence-electron chi connectivity index (χ3n) is 4.84. The molecule has 1 amide bonds. The Bertz CT molecular complexity index is 1490. The maximum absolute atomic E-state index is 13.2. The quantitative estimate of drug-likeness (QED) is 0.462. The van der Waals surface area contributed by atoms with Crippen molar-refractivity contribution in [1.82, 2.24) is 14.8 Å². The maximum Gasteiger partial charge on any atom is 0.279 e. The Labute approximate surface area is 180 Å². The average Bonchev–Trinajstić information content (AvgIpc) is 3.21. The van der Waals surface area contributed by atoms with Crippen LogP contribution in [0, 0.1) is 0 Å². The molecule has 0 aliphatic carbocycles. The van der Waals surface area contributed by atoms with Crippen LogP contribution < -0.4 is 15.6 Å². The molecule has 3 aromatic carbocycles. The highest BCUT2D eigenvalue weighted by Crippen LogP contribution is 2.29. The molecule has 5 aromatic rings. The number of fused-ring (bicyclic) bond motifs is 2. The maximum atomic E-state index is 13.2. The molecule has 0 fully saturated rings. The summed E-state index contributed by atoms with van der Waals surface area (Å²) in [5.41, 5.74) is 1.20. The standard InChI is InChI=1S/C23H16N4O3S/c1-30-15-11-12-18-19(13-15)31-23(24-18)25-21(28)20-16-9-5-6-10-17(16)22(29)27(26-20)14-7-3-2-4-8-14/h2-13H,1H3,(H,24,25,28). The van der Waals surface area contributed by atoms with Gasteiger partial charge in [0, 0.05) is 5.39 Å². The summed E-state index contributed by atoms with van der Waals surface area (Å²) < 4.78 is 7.39. The first-order chi connectivity index (χ1) is 15.1. The second kappa shape index (κ2) is 7.66. The Morgan fingerprint density at radius 3 is 2.52 bits per heavy atom. The van der Waals surface area contributed by atoms with E-state index in [2.05, 4.69) is 15.4 Å². The van der Waals surface area contributed by atoms with Crippen LogP contribution in [0.1, 0.15) is 10.5 Å². The van der Waals surface area contributed by atoms with E-state index in [4.69, 9.17) is 4.74 Å². The number of hydrogen-bond acceptors (Lipinski definition) is 6. The molecule has 0 aliphatic heterocycles. The van der Waals surface area contributed by atoms with E-state index >= 15 is 0 Å². The Morgan fingerprint density at radius 1 is 1.00 bits per heavy atom. The smallest absolute Gasteiger partial charge is 0.279 e. The van der Waals surface area contributed by atoms with Gasteiger partial charge in [-0.25, -0.2) is 4.98 Å². The van der Waals surface area contributed by atoms with Gasteiger partial charge < -0.3 is 4.74 Å². The van der Waals surface area contributed by atoms with Crippen molar-refractivity contribution in [1.29, 1.82) is 0 Å². The summed E-state index contributed by atoms with van der Waals surface area (Å²) in [4.78, 5) is 30.6. The predicted octanol–water partition coefficient (Wildman–Crippen LogP) is 4.26. The highest BCUT2D eigenvalue weighted by Gasteiger charge is 2.19. The number of thiazole rings is 1. The molecule has 0 bridgehead atoms. The first-order valence-electron chi connectivity index (χ1n) is 9.47. The number of benzene rings is 3. The van der Waals surface area contributed by atoms with E-state index in [-0.39, 0.29) is 11.3 Å². The van der Waals surface area contributed by atoms with Gasteiger partial charge in [-0.3, -0.25) is 14.9 Å². The van der Waals surface area contributed by atoms with Crippen LogP contribution in [0.15, 0.2) is 77.6 Å². The van der Waals surface area contributed by atoms with Gasteiger partial charge in [-0.05, 0) is 36.4 Å². The highest BCUT2D eigenvalue weighted by atomic mass is 32.1. The molecule has 0 spiro atoms. The van der Waals surface area contributed by atoms with E-state index in [0.29, 0.717) is 21.6 Å². The van der Waals surface area contributed by atoms with E-state index in [0.717, 1.165) is 16.0 Å². The van der Waals surface area contributed by atoms with Crippen LogP contribution >= 0.6 is 11.3 Å². The van der Waals surface area contributed by atoms with Gasteiger partial charge in [0.2, 0.25) is 0 Å². The van der Waals surface area contributed by atoms with Gasteiger partial charge in [0.15, 0.2) is 10.8 Å². The molecule has 0 saturated heterocycles. The Morgan fingerprint density at radius 2 is 1.74 bits per heavy atom. The van der Waals surface area contributed by atoms with E-state index < -0.39 is 5.91 Å². The van der Waals surface area contributed by atoms with Crippen LogP contribution in [-0.4, -0.2) is 27.8 Å². The summed E-state index contributed by atoms with van der Waals surface area (Å²) in [5, 5.41) is 8.57. The van der Waals surface area contributed by atoms with Crippen LogP contribution in [0.25, 0.3) is 26.7 Å². The third kappa shape index (κ3) is 3.43. The number of aromatic nitrogens is 3. The van der Waals surface area contributed by atoms with Crippen molar-refractivity contribution in [2.75, 3.05) is 12.4 Å². The molecule has 0 aliphatic rings. The topological polar surface area (TPSA) is 86.1 Å². The SMILES string of the molecule is COc1ccc2nc(NC(=O)c3nn(-c4ccccc4)c(=O)c4ccccc34)sc2c1. The fourth-order valence-electron chi connectivity index (χ4n) is 3.34. The second-order valence-electron chi connectivity index (χ2n) is 6.75. The lowest BCUT2D eigenvalue weighted by molar-refractivity contribution is 0.102. The van der Waals surface area contributed by atoms with Crippen LogP contribution in [-0.2, 0) is 0 Å². The van der Waals surface area contributed by atoms with Crippen LogP contribution in [0.2, 0.25) is 0 Å². The molecule has 8 heteroatoms. The molecule has 31 heavy (non-hydrogen) atoms. The van der Waals surface area contributed by atoms with Gasteiger partial charge in [-0.15, -0.1) is 0 Å². The highest BCUT2D eigenvalue weighted by molar-refractivity contribution is 7.22. The number of carbonyl (C=O) groups excluding carboxylic acids is 1. The summed E-state index contributed by atoms with van der Waals surface area (Å²) in [6.07, 6.45) is 0. The summed E-state index contributed by atoms with van der Waals surface area (Å²) in [6.45, 7) is 0. The number of hydrogen-bond donors (Lipinski definition) is 1. The minimum absolute atomic E-state index is 0.149. The molecule has 0 atom stereocenters. The first kappa shape index (κ1) is 19.0. The van der Waals surface area contributed by atoms with E-state index in [9.17, 15) is 9.59 Å². The molecule has 0 unspecified atom stereocenters. The molecule has 0 radical (unpaired) electrons. The first-order valence-corrected chi connectivity index (χ1v) is 10.3. The van der Waals surface area contributed by atoms with E-state index in [1.165, 1.54) is 16.0 Å². The van der Waals surface area contributed by atoms with Crippen molar-refractivity contribution in [3.63, 3.8) is 0 Å². The average molecular weight is 428 g/mol. The molecule has 152 valence electrons. The zero-order valence-corrected chi connectivity index (χ0v) is 17.2. The van der Waals surface area contributed by atoms with Gasteiger partial charge in [0.05, 0.1) is 28.4 Å². The second-order valence-corrected chi connectivity index (χ2v) is 7.78. The number of nitrogens with zero attached hydrogens (tertiary/aromatic N) is 3. The monoisotopic (exact) mass is 428 g/mol. The van der Waals surface area contributed by atoms with Crippen molar-refractivity contribution >= 4 is 43.4 Å². The van der Waals surface area contributed by atoms with Gasteiger partial charge in [0.1, 0.15) is 5.75 Å². The molecule has 2 heterocycles. The van der Waals surface area contributed by atoms with Crippen molar-refractivity contribution < 1.29 is 9.53 Å². The number of ether oxygens (including phenoxy) is 1. The normalized spacial score (nSPS) is 11.0. The molecular weight excluding hydrogens is 412 g/mol. The molecule has 7 nitrogen and oxygen atoms in total. The molecular formula is C23H16N4O3S. The zero-order chi connectivity index (χ0) is 21.4. The number of para-hydroxylation sites is 1. The number of carbonyl (C=O) groups is 1. The molecule has 5 rings (SSSR count). The van der Waals surface area contributed by atoms with E-state index in [1.807, 2.05) is 36.4 Å². The lowest BCUT2D eigenvalue weighted by atomic mass is 10.1. The fourth-order valence-corrected chi connectivity index (χ4v) is 4.23. The van der Waals surface area contributed by atoms with E-state index in [1.54, 1.807) is 43.5 Å². The van der Waals surface area contributed by atoms with Gasteiger partial charge in [0.25, 0.3) is 11.5 Å². The van der Waals surface area contributed by atoms with Gasteiger partial charge in [-0.1, -0.05) is 47.7 Å². The van der Waals surface area contributed by atoms with Gasteiger partial charge in [-0.2, -0.15) is 9.78 Å². The number of methoxy groups -OCH3 is 1. The summed E-state index contributed by atoms with van der Waals surface area (Å²) in [5.74, 6) is 0.281. The zero-order valence-electron chi connectivity index (χ0n) is 16.4.